The van der Waals surface area contributed by atoms with Gasteiger partial charge in [-0.25, -0.2) is 0 Å². The SMILES string of the molecule is Cc1cccc(-c2n[nH]c(=S)n2C)c1Br. The molecular weight excluding hydrogens is 274 g/mol. The van der Waals surface area contributed by atoms with Gasteiger partial charge in [-0.2, -0.15) is 5.10 Å². The molecule has 0 saturated carbocycles. The van der Waals surface area contributed by atoms with Crippen molar-refractivity contribution >= 4 is 28.1 Å². The van der Waals surface area contributed by atoms with E-state index in [1.807, 2.05) is 23.7 Å². The molecule has 0 aliphatic carbocycles. The first kappa shape index (κ1) is 10.6. The van der Waals surface area contributed by atoms with Crippen molar-refractivity contribution in [3.8, 4) is 11.4 Å². The van der Waals surface area contributed by atoms with Gasteiger partial charge >= 0.3 is 0 Å². The van der Waals surface area contributed by atoms with Crippen LogP contribution in [0.3, 0.4) is 0 Å². The van der Waals surface area contributed by atoms with Crippen molar-refractivity contribution in [3.05, 3.63) is 33.0 Å². The molecule has 1 heterocycles. The molecule has 1 aromatic heterocycles. The number of nitrogens with zero attached hydrogens (tertiary/aromatic N) is 2. The monoisotopic (exact) mass is 283 g/mol. The molecule has 0 saturated heterocycles. The van der Waals surface area contributed by atoms with Crippen LogP contribution in [0.2, 0.25) is 0 Å². The van der Waals surface area contributed by atoms with E-state index in [1.165, 1.54) is 5.56 Å². The average Bonchev–Trinajstić information content (AvgIpc) is 2.53. The van der Waals surface area contributed by atoms with E-state index in [9.17, 15) is 0 Å². The molecule has 0 spiro atoms. The number of halogens is 1. The number of hydrogen-bond acceptors (Lipinski definition) is 2. The van der Waals surface area contributed by atoms with E-state index in [4.69, 9.17) is 12.2 Å². The van der Waals surface area contributed by atoms with Crippen molar-refractivity contribution in [2.45, 2.75) is 6.92 Å². The summed E-state index contributed by atoms with van der Waals surface area (Å²) >= 11 is 8.64. The van der Waals surface area contributed by atoms with Crippen LogP contribution in [-0.2, 0) is 7.05 Å². The zero-order chi connectivity index (χ0) is 11.0. The Hall–Kier alpha value is -0.940. The van der Waals surface area contributed by atoms with Gasteiger partial charge in [0.2, 0.25) is 0 Å². The maximum Gasteiger partial charge on any atom is 0.195 e. The molecule has 0 fully saturated rings. The van der Waals surface area contributed by atoms with Crippen LogP contribution in [0.4, 0.5) is 0 Å². The third kappa shape index (κ3) is 1.77. The predicted octanol–water partition coefficient (Wildman–Crippen LogP) is 3.22. The van der Waals surface area contributed by atoms with Crippen molar-refractivity contribution in [3.63, 3.8) is 0 Å². The normalized spacial score (nSPS) is 10.6. The van der Waals surface area contributed by atoms with Gasteiger partial charge in [0.05, 0.1) is 0 Å². The first-order valence-electron chi connectivity index (χ1n) is 4.48. The van der Waals surface area contributed by atoms with E-state index in [0.29, 0.717) is 4.77 Å². The summed E-state index contributed by atoms with van der Waals surface area (Å²) in [6.07, 6.45) is 0. The summed E-state index contributed by atoms with van der Waals surface area (Å²) in [5.41, 5.74) is 2.23. The van der Waals surface area contributed by atoms with Crippen LogP contribution in [0, 0.1) is 11.7 Å². The minimum atomic E-state index is 0.624. The topological polar surface area (TPSA) is 33.6 Å². The van der Waals surface area contributed by atoms with Crippen LogP contribution in [0.25, 0.3) is 11.4 Å². The molecule has 2 rings (SSSR count). The smallest absolute Gasteiger partial charge is 0.195 e. The van der Waals surface area contributed by atoms with Gasteiger partial charge in [-0.15, -0.1) is 0 Å². The number of hydrogen-bond donors (Lipinski definition) is 1. The number of rotatable bonds is 1. The molecule has 0 aliphatic rings. The van der Waals surface area contributed by atoms with E-state index >= 15 is 0 Å². The molecule has 1 N–H and O–H groups in total. The minimum Gasteiger partial charge on any atom is -0.303 e. The highest BCUT2D eigenvalue weighted by atomic mass is 79.9. The Morgan fingerprint density at radius 2 is 2.20 bits per heavy atom. The molecule has 15 heavy (non-hydrogen) atoms. The van der Waals surface area contributed by atoms with Crippen molar-refractivity contribution in [1.82, 2.24) is 14.8 Å². The van der Waals surface area contributed by atoms with E-state index in [0.717, 1.165) is 15.9 Å². The van der Waals surface area contributed by atoms with Gasteiger partial charge in [0.25, 0.3) is 0 Å². The number of benzene rings is 1. The maximum atomic E-state index is 5.08. The van der Waals surface area contributed by atoms with Gasteiger partial charge in [0, 0.05) is 17.1 Å². The predicted molar refractivity (Wildman–Crippen MR) is 66.3 cm³/mol. The molecule has 0 unspecified atom stereocenters. The summed E-state index contributed by atoms with van der Waals surface area (Å²) < 4.78 is 3.54. The van der Waals surface area contributed by atoms with Crippen molar-refractivity contribution < 1.29 is 0 Å². The molecular formula is C10H10BrN3S. The number of aromatic amines is 1. The molecule has 0 atom stereocenters. The molecule has 78 valence electrons. The van der Waals surface area contributed by atoms with Crippen molar-refractivity contribution in [1.29, 1.82) is 0 Å². The maximum absolute atomic E-state index is 5.08. The Balaban J connectivity index is 2.69. The first-order chi connectivity index (χ1) is 7.11. The number of aromatic nitrogens is 3. The lowest BCUT2D eigenvalue weighted by molar-refractivity contribution is 0.901. The molecule has 5 heteroatoms. The fourth-order valence-electron chi connectivity index (χ4n) is 1.41. The summed E-state index contributed by atoms with van der Waals surface area (Å²) in [6, 6.07) is 6.07. The zero-order valence-corrected chi connectivity index (χ0v) is 10.8. The van der Waals surface area contributed by atoms with Gasteiger partial charge in [0.15, 0.2) is 10.6 Å². The average molecular weight is 284 g/mol. The second-order valence-corrected chi connectivity index (χ2v) is 4.53. The second-order valence-electron chi connectivity index (χ2n) is 3.35. The lowest BCUT2D eigenvalue weighted by atomic mass is 10.1. The van der Waals surface area contributed by atoms with Gasteiger partial charge < -0.3 is 4.57 Å². The Morgan fingerprint density at radius 3 is 2.80 bits per heavy atom. The standard InChI is InChI=1S/C10H10BrN3S/c1-6-4-3-5-7(8(6)11)9-12-13-10(15)14(9)2/h3-5H,1-2H3,(H,13,15). The van der Waals surface area contributed by atoms with Gasteiger partial charge in [-0.1, -0.05) is 18.2 Å². The van der Waals surface area contributed by atoms with E-state index in [1.54, 1.807) is 0 Å². The van der Waals surface area contributed by atoms with Crippen LogP contribution in [0.15, 0.2) is 22.7 Å². The molecule has 0 aliphatic heterocycles. The van der Waals surface area contributed by atoms with Crippen LogP contribution in [0.5, 0.6) is 0 Å². The first-order valence-corrected chi connectivity index (χ1v) is 5.68. The largest absolute Gasteiger partial charge is 0.303 e. The van der Waals surface area contributed by atoms with Gasteiger partial charge in [-0.05, 0) is 40.6 Å². The summed E-state index contributed by atoms with van der Waals surface area (Å²) in [4.78, 5) is 0. The summed E-state index contributed by atoms with van der Waals surface area (Å²) in [6.45, 7) is 2.05. The Bertz CT molecular complexity index is 556. The minimum absolute atomic E-state index is 0.624. The highest BCUT2D eigenvalue weighted by Crippen LogP contribution is 2.28. The quantitative estimate of drug-likeness (QED) is 0.816. The summed E-state index contributed by atoms with van der Waals surface area (Å²) in [5.74, 6) is 0.843. The molecule has 0 bridgehead atoms. The van der Waals surface area contributed by atoms with E-state index < -0.39 is 0 Å². The van der Waals surface area contributed by atoms with E-state index in [-0.39, 0.29) is 0 Å². The molecule has 3 nitrogen and oxygen atoms in total. The Labute approximate surface area is 101 Å². The van der Waals surface area contributed by atoms with Crippen LogP contribution >= 0.6 is 28.1 Å². The van der Waals surface area contributed by atoms with Gasteiger partial charge in [0.1, 0.15) is 0 Å². The summed E-state index contributed by atoms with van der Waals surface area (Å²) in [7, 11) is 1.90. The summed E-state index contributed by atoms with van der Waals surface area (Å²) in [5, 5.41) is 6.98. The molecule has 0 radical (unpaired) electrons. The number of H-pyrrole nitrogens is 1. The number of aryl methyl sites for hydroxylation is 1. The van der Waals surface area contributed by atoms with Crippen molar-refractivity contribution in [2.24, 2.45) is 7.05 Å². The Kier molecular flexibility index (Phi) is 2.75. The lowest BCUT2D eigenvalue weighted by Crippen LogP contribution is -1.94. The van der Waals surface area contributed by atoms with Crippen molar-refractivity contribution in [2.75, 3.05) is 0 Å². The fourth-order valence-corrected chi connectivity index (χ4v) is 1.98. The van der Waals surface area contributed by atoms with E-state index in [2.05, 4.69) is 39.1 Å². The lowest BCUT2D eigenvalue weighted by Gasteiger charge is -2.05. The highest BCUT2D eigenvalue weighted by Gasteiger charge is 2.10. The number of nitrogens with one attached hydrogen (secondary N) is 1. The third-order valence-corrected chi connectivity index (χ3v) is 3.73. The Morgan fingerprint density at radius 1 is 1.47 bits per heavy atom. The zero-order valence-electron chi connectivity index (χ0n) is 8.41. The molecule has 0 amide bonds. The molecule has 1 aromatic carbocycles. The molecule has 2 aromatic rings. The fraction of sp³-hybridized carbons (Fsp3) is 0.200. The van der Waals surface area contributed by atoms with Crippen LogP contribution in [-0.4, -0.2) is 14.8 Å². The van der Waals surface area contributed by atoms with Crippen LogP contribution < -0.4 is 0 Å². The highest BCUT2D eigenvalue weighted by molar-refractivity contribution is 9.10. The van der Waals surface area contributed by atoms with Crippen LogP contribution in [0.1, 0.15) is 5.56 Å². The third-order valence-electron chi connectivity index (χ3n) is 2.31. The van der Waals surface area contributed by atoms with Gasteiger partial charge in [-0.3, -0.25) is 5.10 Å². The second kappa shape index (κ2) is 3.90.